The van der Waals surface area contributed by atoms with Crippen LogP contribution in [-0.4, -0.2) is 15.0 Å². The maximum Gasteiger partial charge on any atom is 0.164 e. The molecule has 1 saturated carbocycles. The second-order valence-electron chi connectivity index (χ2n) is 10.8. The summed E-state index contributed by atoms with van der Waals surface area (Å²) in [4.78, 5) is 15.0. The largest absolute Gasteiger partial charge is 0.208 e. The Morgan fingerprint density at radius 3 is 1.88 bits per heavy atom. The molecule has 0 N–H and O–H groups in total. The first-order valence-corrected chi connectivity index (χ1v) is 14.1. The van der Waals surface area contributed by atoms with Crippen LogP contribution in [0.1, 0.15) is 60.3 Å². The molecular weight excluding hydrogens is 488 g/mol. The summed E-state index contributed by atoms with van der Waals surface area (Å²) in [6.07, 6.45) is 6.56. The van der Waals surface area contributed by atoms with Gasteiger partial charge in [-0.05, 0) is 78.6 Å². The van der Waals surface area contributed by atoms with Gasteiger partial charge in [0.2, 0.25) is 0 Å². The highest BCUT2D eigenvalue weighted by Crippen LogP contribution is 2.37. The second kappa shape index (κ2) is 11.2. The van der Waals surface area contributed by atoms with Crippen LogP contribution in [0.2, 0.25) is 0 Å². The smallest absolute Gasteiger partial charge is 0.164 e. The minimum absolute atomic E-state index is 0.648. The van der Waals surface area contributed by atoms with Crippen molar-refractivity contribution in [1.82, 2.24) is 15.0 Å². The molecule has 0 radical (unpaired) electrons. The molecule has 40 heavy (non-hydrogen) atoms. The van der Waals surface area contributed by atoms with E-state index in [9.17, 15) is 5.26 Å². The summed E-state index contributed by atoms with van der Waals surface area (Å²) >= 11 is 0. The Labute approximate surface area is 236 Å². The highest BCUT2D eigenvalue weighted by Gasteiger charge is 2.20. The molecule has 1 heterocycles. The molecular formula is C36H32N4. The van der Waals surface area contributed by atoms with Gasteiger partial charge >= 0.3 is 0 Å². The van der Waals surface area contributed by atoms with Gasteiger partial charge < -0.3 is 0 Å². The average Bonchev–Trinajstić information content (AvgIpc) is 3.01. The summed E-state index contributed by atoms with van der Waals surface area (Å²) in [5.41, 5.74) is 9.59. The molecule has 4 nitrogen and oxygen atoms in total. The molecule has 5 aromatic rings. The molecule has 1 fully saturated rings. The van der Waals surface area contributed by atoms with Crippen LogP contribution in [0.15, 0.2) is 91.0 Å². The molecule has 1 aliphatic carbocycles. The lowest BCUT2D eigenvalue weighted by Gasteiger charge is -2.23. The first kappa shape index (κ1) is 25.6. The lowest BCUT2D eigenvalue weighted by atomic mass is 9.82. The maximum absolute atomic E-state index is 9.18. The molecule has 0 amide bonds. The summed E-state index contributed by atoms with van der Waals surface area (Å²) < 4.78 is 0. The summed E-state index contributed by atoms with van der Waals surface area (Å²) in [6, 6.07) is 32.9. The van der Waals surface area contributed by atoms with E-state index in [0.717, 1.165) is 27.8 Å². The number of aromatic nitrogens is 3. The van der Waals surface area contributed by atoms with Crippen LogP contribution in [0, 0.1) is 25.2 Å². The third kappa shape index (κ3) is 5.28. The van der Waals surface area contributed by atoms with Crippen molar-refractivity contribution >= 4 is 0 Å². The molecule has 0 unspecified atom stereocenters. The summed E-state index contributed by atoms with van der Waals surface area (Å²) in [7, 11) is 0. The molecule has 196 valence electrons. The van der Waals surface area contributed by atoms with E-state index in [1.54, 1.807) is 0 Å². The van der Waals surface area contributed by atoms with E-state index in [2.05, 4.69) is 44.2 Å². The van der Waals surface area contributed by atoms with E-state index in [4.69, 9.17) is 15.0 Å². The van der Waals surface area contributed by atoms with Gasteiger partial charge in [-0.3, -0.25) is 0 Å². The monoisotopic (exact) mass is 520 g/mol. The molecule has 1 aliphatic rings. The molecule has 1 aromatic heterocycles. The minimum atomic E-state index is 0.648. The first-order chi connectivity index (χ1) is 19.6. The van der Waals surface area contributed by atoms with Gasteiger partial charge in [-0.2, -0.15) is 5.26 Å². The van der Waals surface area contributed by atoms with Crippen molar-refractivity contribution < 1.29 is 0 Å². The third-order valence-corrected chi connectivity index (χ3v) is 7.99. The van der Waals surface area contributed by atoms with Crippen molar-refractivity contribution in [3.05, 3.63) is 113 Å². The van der Waals surface area contributed by atoms with Gasteiger partial charge in [-0.1, -0.05) is 92.1 Å². The average molecular weight is 521 g/mol. The van der Waals surface area contributed by atoms with Gasteiger partial charge in [-0.15, -0.1) is 0 Å². The maximum atomic E-state index is 9.18. The predicted molar refractivity (Wildman–Crippen MR) is 162 cm³/mol. The van der Waals surface area contributed by atoms with Crippen molar-refractivity contribution in [1.29, 1.82) is 5.26 Å². The third-order valence-electron chi connectivity index (χ3n) is 7.99. The van der Waals surface area contributed by atoms with E-state index in [0.29, 0.717) is 29.0 Å². The molecule has 0 atom stereocenters. The zero-order valence-corrected chi connectivity index (χ0v) is 23.1. The van der Waals surface area contributed by atoms with Gasteiger partial charge in [-0.25, -0.2) is 15.0 Å². The number of aryl methyl sites for hydroxylation is 2. The van der Waals surface area contributed by atoms with Crippen molar-refractivity contribution in [2.24, 2.45) is 0 Å². The number of nitrogens with zero attached hydrogens (tertiary/aromatic N) is 4. The zero-order valence-electron chi connectivity index (χ0n) is 23.1. The van der Waals surface area contributed by atoms with E-state index in [1.807, 2.05) is 66.7 Å². The van der Waals surface area contributed by atoms with E-state index in [-0.39, 0.29) is 0 Å². The van der Waals surface area contributed by atoms with E-state index in [1.165, 1.54) is 48.8 Å². The van der Waals surface area contributed by atoms with Crippen LogP contribution in [0.5, 0.6) is 0 Å². The highest BCUT2D eigenvalue weighted by molar-refractivity contribution is 5.74. The standard InChI is InChI=1S/C36H32N4/c1-24-20-32(27-10-5-3-6-11-27)21-25(2)33(24)36-39-34(29-12-7-4-8-13-29)38-35(40-36)31-15-9-14-30(22-31)28-18-16-26(23-37)17-19-28/h4,7-9,12-22,27H,3,5-6,10-11H2,1-2H3. The topological polar surface area (TPSA) is 62.5 Å². The van der Waals surface area contributed by atoms with Crippen LogP contribution in [-0.2, 0) is 0 Å². The highest BCUT2D eigenvalue weighted by atomic mass is 15.0. The van der Waals surface area contributed by atoms with Crippen molar-refractivity contribution in [2.75, 3.05) is 0 Å². The molecule has 0 spiro atoms. The van der Waals surface area contributed by atoms with Crippen LogP contribution in [0.25, 0.3) is 45.3 Å². The summed E-state index contributed by atoms with van der Waals surface area (Å²) in [6.45, 7) is 4.37. The van der Waals surface area contributed by atoms with Crippen LogP contribution < -0.4 is 0 Å². The molecule has 0 saturated heterocycles. The van der Waals surface area contributed by atoms with Crippen molar-refractivity contribution in [2.45, 2.75) is 51.9 Å². The second-order valence-corrected chi connectivity index (χ2v) is 10.8. The fourth-order valence-electron chi connectivity index (χ4n) is 5.93. The fourth-order valence-corrected chi connectivity index (χ4v) is 5.93. The van der Waals surface area contributed by atoms with E-state index < -0.39 is 0 Å². The zero-order chi connectivity index (χ0) is 27.5. The summed E-state index contributed by atoms with van der Waals surface area (Å²) in [5.74, 6) is 2.67. The van der Waals surface area contributed by atoms with Crippen molar-refractivity contribution in [3.8, 4) is 51.4 Å². The number of nitriles is 1. The van der Waals surface area contributed by atoms with Gasteiger partial charge in [0, 0.05) is 16.7 Å². The quantitative estimate of drug-likeness (QED) is 0.232. The molecule has 4 aromatic carbocycles. The number of benzene rings is 4. The Hall–Kier alpha value is -4.62. The minimum Gasteiger partial charge on any atom is -0.208 e. The van der Waals surface area contributed by atoms with Gasteiger partial charge in [0.25, 0.3) is 0 Å². The van der Waals surface area contributed by atoms with Gasteiger partial charge in [0.1, 0.15) is 0 Å². The van der Waals surface area contributed by atoms with Crippen molar-refractivity contribution in [3.63, 3.8) is 0 Å². The number of rotatable bonds is 5. The van der Waals surface area contributed by atoms with Gasteiger partial charge in [0.05, 0.1) is 11.6 Å². The predicted octanol–water partition coefficient (Wildman–Crippen LogP) is 9.08. The molecule has 6 rings (SSSR count). The van der Waals surface area contributed by atoms with Crippen LogP contribution in [0.3, 0.4) is 0 Å². The van der Waals surface area contributed by atoms with Crippen LogP contribution >= 0.6 is 0 Å². The summed E-state index contributed by atoms with van der Waals surface area (Å²) in [5, 5.41) is 9.18. The number of hydrogen-bond donors (Lipinski definition) is 0. The Kier molecular flexibility index (Phi) is 7.21. The molecule has 4 heteroatoms. The van der Waals surface area contributed by atoms with Crippen LogP contribution in [0.4, 0.5) is 0 Å². The Morgan fingerprint density at radius 2 is 1.20 bits per heavy atom. The molecule has 0 aliphatic heterocycles. The number of hydrogen-bond acceptors (Lipinski definition) is 4. The SMILES string of the molecule is Cc1cc(C2CCCCC2)cc(C)c1-c1nc(-c2ccccc2)nc(-c2cccc(-c3ccc(C#N)cc3)c2)n1. The fraction of sp³-hybridized carbons (Fsp3) is 0.222. The lowest BCUT2D eigenvalue weighted by molar-refractivity contribution is 0.443. The Balaban J connectivity index is 1.46. The Morgan fingerprint density at radius 1 is 0.600 bits per heavy atom. The Bertz CT molecular complexity index is 1670. The first-order valence-electron chi connectivity index (χ1n) is 14.1. The normalized spacial score (nSPS) is 13.6. The lowest BCUT2D eigenvalue weighted by Crippen LogP contribution is -2.07. The molecule has 0 bridgehead atoms. The van der Waals surface area contributed by atoms with Gasteiger partial charge in [0.15, 0.2) is 17.5 Å². The van der Waals surface area contributed by atoms with E-state index >= 15 is 0 Å².